The number of aliphatic hydroxyl groups excluding tert-OH is 2. The SMILES string of the molecule is [C-]#[N+]c1ccsc1/C(O)=C(\O)c1sccc1C#N. The second kappa shape index (κ2) is 4.92. The Hall–Kier alpha value is -2.28. The number of aliphatic hydroxyl groups is 2. The molecule has 2 rings (SSSR count). The monoisotopic (exact) mass is 274 g/mol. The number of nitrogens with zero attached hydrogens (tertiary/aromatic N) is 2. The molecule has 0 radical (unpaired) electrons. The summed E-state index contributed by atoms with van der Waals surface area (Å²) in [6.45, 7) is 6.96. The van der Waals surface area contributed by atoms with Gasteiger partial charge in [0.05, 0.1) is 21.9 Å². The lowest BCUT2D eigenvalue weighted by molar-refractivity contribution is 0.462. The van der Waals surface area contributed by atoms with E-state index in [0.29, 0.717) is 15.3 Å². The molecule has 0 saturated carbocycles. The molecule has 18 heavy (non-hydrogen) atoms. The molecule has 2 N–H and O–H groups in total. The van der Waals surface area contributed by atoms with Gasteiger partial charge >= 0.3 is 0 Å². The molecule has 0 bridgehead atoms. The first-order chi connectivity index (χ1) is 8.69. The van der Waals surface area contributed by atoms with Gasteiger partial charge in [-0.05, 0) is 22.9 Å². The van der Waals surface area contributed by atoms with Crippen molar-refractivity contribution in [1.82, 2.24) is 0 Å². The van der Waals surface area contributed by atoms with E-state index < -0.39 is 0 Å². The summed E-state index contributed by atoms with van der Waals surface area (Å²) in [5, 5.41) is 32.1. The number of hydrogen-bond acceptors (Lipinski definition) is 5. The third-order valence-electron chi connectivity index (χ3n) is 2.21. The van der Waals surface area contributed by atoms with Gasteiger partial charge in [-0.2, -0.15) is 16.6 Å². The van der Waals surface area contributed by atoms with Crippen molar-refractivity contribution in [2.24, 2.45) is 0 Å². The van der Waals surface area contributed by atoms with E-state index in [2.05, 4.69) is 4.85 Å². The van der Waals surface area contributed by atoms with Gasteiger partial charge in [0, 0.05) is 0 Å². The van der Waals surface area contributed by atoms with Gasteiger partial charge in [-0.15, -0.1) is 11.3 Å². The quantitative estimate of drug-likeness (QED) is 0.637. The molecule has 0 aromatic carbocycles. The summed E-state index contributed by atoms with van der Waals surface area (Å²) < 4.78 is 0. The summed E-state index contributed by atoms with van der Waals surface area (Å²) in [5.41, 5.74) is 0.573. The van der Waals surface area contributed by atoms with Crippen LogP contribution < -0.4 is 0 Å². The fourth-order valence-corrected chi connectivity index (χ4v) is 2.93. The normalized spacial score (nSPS) is 11.4. The first-order valence-electron chi connectivity index (χ1n) is 4.74. The van der Waals surface area contributed by atoms with E-state index in [0.717, 1.165) is 22.7 Å². The fraction of sp³-hybridized carbons (Fsp3) is 0. The largest absolute Gasteiger partial charge is 0.504 e. The lowest BCUT2D eigenvalue weighted by atomic mass is 10.2. The van der Waals surface area contributed by atoms with Crippen LogP contribution in [0.2, 0.25) is 0 Å². The van der Waals surface area contributed by atoms with Crippen molar-refractivity contribution in [1.29, 1.82) is 5.26 Å². The Kier molecular flexibility index (Phi) is 3.33. The highest BCUT2D eigenvalue weighted by Crippen LogP contribution is 2.36. The third-order valence-corrected chi connectivity index (χ3v) is 4.04. The molecular formula is C12H6N2O2S2. The van der Waals surface area contributed by atoms with Gasteiger partial charge in [0.1, 0.15) is 6.07 Å². The zero-order chi connectivity index (χ0) is 13.1. The lowest BCUT2D eigenvalue weighted by Crippen LogP contribution is -1.88. The van der Waals surface area contributed by atoms with Gasteiger partial charge in [0.15, 0.2) is 11.5 Å². The highest BCUT2D eigenvalue weighted by Gasteiger charge is 2.18. The molecule has 88 valence electrons. The number of hydrogen-bond donors (Lipinski definition) is 2. The molecule has 0 aliphatic rings. The standard InChI is InChI=1S/C12H6N2O2S2/c1-14-8-3-5-18-12(8)10(16)9(15)11-7(6-13)2-4-17-11/h2-5,15-16H/b10-9+. The predicted molar refractivity (Wildman–Crippen MR) is 71.7 cm³/mol. The number of nitriles is 1. The van der Waals surface area contributed by atoms with Crippen LogP contribution in [0.4, 0.5) is 5.69 Å². The van der Waals surface area contributed by atoms with Crippen LogP contribution in [-0.4, -0.2) is 10.2 Å². The van der Waals surface area contributed by atoms with Crippen LogP contribution in [0.25, 0.3) is 16.4 Å². The van der Waals surface area contributed by atoms with E-state index in [9.17, 15) is 10.2 Å². The van der Waals surface area contributed by atoms with Gasteiger partial charge < -0.3 is 10.2 Å². The molecule has 0 unspecified atom stereocenters. The van der Waals surface area contributed by atoms with Gasteiger partial charge in [0.25, 0.3) is 0 Å². The zero-order valence-electron chi connectivity index (χ0n) is 8.91. The van der Waals surface area contributed by atoms with Gasteiger partial charge in [0.2, 0.25) is 5.69 Å². The Morgan fingerprint density at radius 1 is 1.17 bits per heavy atom. The molecule has 2 aromatic rings. The van der Waals surface area contributed by atoms with Crippen molar-refractivity contribution in [2.75, 3.05) is 0 Å². The average Bonchev–Trinajstić information content (AvgIpc) is 3.04. The van der Waals surface area contributed by atoms with Crippen LogP contribution in [0.1, 0.15) is 15.3 Å². The van der Waals surface area contributed by atoms with Gasteiger partial charge in [-0.1, -0.05) is 0 Å². The molecule has 0 aliphatic carbocycles. The minimum Gasteiger partial charge on any atom is -0.504 e. The minimum atomic E-state index is -0.367. The van der Waals surface area contributed by atoms with Crippen molar-refractivity contribution < 1.29 is 10.2 Å². The molecule has 0 atom stereocenters. The highest BCUT2D eigenvalue weighted by molar-refractivity contribution is 7.12. The Morgan fingerprint density at radius 2 is 1.78 bits per heavy atom. The van der Waals surface area contributed by atoms with Crippen LogP contribution in [0.3, 0.4) is 0 Å². The molecule has 0 aliphatic heterocycles. The van der Waals surface area contributed by atoms with Crippen LogP contribution in [0.5, 0.6) is 0 Å². The van der Waals surface area contributed by atoms with Crippen molar-refractivity contribution in [2.45, 2.75) is 0 Å². The molecule has 0 fully saturated rings. The van der Waals surface area contributed by atoms with E-state index in [1.165, 1.54) is 0 Å². The lowest BCUT2D eigenvalue weighted by Gasteiger charge is -2.02. The van der Waals surface area contributed by atoms with Crippen LogP contribution >= 0.6 is 22.7 Å². The molecule has 0 saturated heterocycles. The summed E-state index contributed by atoms with van der Waals surface area (Å²) in [7, 11) is 0. The topological polar surface area (TPSA) is 68.6 Å². The maximum atomic E-state index is 9.98. The fourth-order valence-electron chi connectivity index (χ4n) is 1.36. The summed E-state index contributed by atoms with van der Waals surface area (Å²) in [5.74, 6) is -0.733. The summed E-state index contributed by atoms with van der Waals surface area (Å²) in [6, 6.07) is 5.06. The Bertz CT molecular complexity index is 638. The predicted octanol–water partition coefficient (Wildman–Crippen LogP) is 4.17. The smallest absolute Gasteiger partial charge is 0.208 e. The van der Waals surface area contributed by atoms with E-state index in [1.54, 1.807) is 22.9 Å². The van der Waals surface area contributed by atoms with Crippen molar-refractivity contribution in [3.63, 3.8) is 0 Å². The maximum absolute atomic E-state index is 9.98. The molecule has 2 aromatic heterocycles. The molecular weight excluding hydrogens is 268 g/mol. The second-order valence-corrected chi connectivity index (χ2v) is 5.05. The van der Waals surface area contributed by atoms with Crippen molar-refractivity contribution in [3.8, 4) is 6.07 Å². The van der Waals surface area contributed by atoms with Crippen molar-refractivity contribution in [3.05, 3.63) is 49.6 Å². The number of thiophene rings is 2. The number of rotatable bonds is 2. The molecule has 0 amide bonds. The first kappa shape index (κ1) is 12.2. The molecule has 4 nitrogen and oxygen atoms in total. The van der Waals surface area contributed by atoms with E-state index in [-0.39, 0.29) is 17.2 Å². The molecule has 6 heteroatoms. The Labute approximate surface area is 111 Å². The Balaban J connectivity index is 2.56. The minimum absolute atomic E-state index is 0.277. The summed E-state index contributed by atoms with van der Waals surface area (Å²) >= 11 is 2.32. The second-order valence-electron chi connectivity index (χ2n) is 3.22. The highest BCUT2D eigenvalue weighted by atomic mass is 32.1. The van der Waals surface area contributed by atoms with Crippen LogP contribution in [-0.2, 0) is 0 Å². The summed E-state index contributed by atoms with van der Waals surface area (Å²) in [4.78, 5) is 3.86. The summed E-state index contributed by atoms with van der Waals surface area (Å²) in [6.07, 6.45) is 0. The van der Waals surface area contributed by atoms with E-state index in [1.807, 2.05) is 6.07 Å². The molecule has 2 heterocycles. The van der Waals surface area contributed by atoms with Gasteiger partial charge in [-0.3, -0.25) is 0 Å². The third kappa shape index (κ3) is 1.95. The maximum Gasteiger partial charge on any atom is 0.208 e. The van der Waals surface area contributed by atoms with Crippen LogP contribution in [0, 0.1) is 17.9 Å². The van der Waals surface area contributed by atoms with Gasteiger partial charge in [-0.25, -0.2) is 4.85 Å². The van der Waals surface area contributed by atoms with Crippen molar-refractivity contribution >= 4 is 39.9 Å². The van der Waals surface area contributed by atoms with Crippen LogP contribution in [0.15, 0.2) is 22.9 Å². The average molecular weight is 274 g/mol. The first-order valence-corrected chi connectivity index (χ1v) is 6.50. The van der Waals surface area contributed by atoms with E-state index >= 15 is 0 Å². The zero-order valence-corrected chi connectivity index (χ0v) is 10.5. The Morgan fingerprint density at radius 3 is 2.44 bits per heavy atom. The van der Waals surface area contributed by atoms with E-state index in [4.69, 9.17) is 11.8 Å². The molecule has 0 spiro atoms.